The van der Waals surface area contributed by atoms with E-state index in [0.29, 0.717) is 4.91 Å². The molecular formula is C6H7BN2S. The van der Waals surface area contributed by atoms with E-state index in [-0.39, 0.29) is 0 Å². The van der Waals surface area contributed by atoms with Crippen LogP contribution in [0.1, 0.15) is 10.6 Å². The quantitative estimate of drug-likeness (QED) is 0.508. The maximum atomic E-state index is 5.54. The molecule has 0 spiro atoms. The second kappa shape index (κ2) is 2.36. The Labute approximate surface area is 65.1 Å². The lowest BCUT2D eigenvalue weighted by atomic mass is 10.2. The van der Waals surface area contributed by atoms with E-state index in [1.165, 1.54) is 10.6 Å². The number of nitrogens with one attached hydrogen (secondary N) is 1. The van der Waals surface area contributed by atoms with Gasteiger partial charge in [-0.3, -0.25) is 4.98 Å². The number of hydrogen-bond donors (Lipinski definition) is 1. The zero-order chi connectivity index (χ0) is 6.97. The molecule has 2 heterocycles. The summed E-state index contributed by atoms with van der Waals surface area (Å²) in [6.45, 7) is 1.99. The predicted octanol–water partition coefficient (Wildman–Crippen LogP) is -0.417. The molecule has 0 bridgehead atoms. The molecule has 1 aromatic rings. The minimum atomic E-state index is 0.703. The molecule has 1 aliphatic rings. The van der Waals surface area contributed by atoms with Crippen LogP contribution >= 0.6 is 11.3 Å². The van der Waals surface area contributed by atoms with Gasteiger partial charge in [-0.15, -0.1) is 11.3 Å². The van der Waals surface area contributed by atoms with Crippen LogP contribution in [0.2, 0.25) is 0 Å². The van der Waals surface area contributed by atoms with Gasteiger partial charge in [-0.1, -0.05) is 0 Å². The van der Waals surface area contributed by atoms with Crippen molar-refractivity contribution in [2.45, 2.75) is 13.0 Å². The Kier molecular flexibility index (Phi) is 1.50. The fourth-order valence-electron chi connectivity index (χ4n) is 1.15. The molecule has 4 heteroatoms. The second-order valence-corrected chi connectivity index (χ2v) is 3.46. The van der Waals surface area contributed by atoms with E-state index in [4.69, 9.17) is 7.85 Å². The molecule has 0 saturated heterocycles. The Morgan fingerprint density at radius 2 is 2.50 bits per heavy atom. The molecule has 2 nitrogen and oxygen atoms in total. The molecule has 0 amide bonds. The standard InChI is InChI=1S/C6H7BN2S/c7-6-9-4-1-2-8-3-5(4)10-6/h8H,1-3H2. The van der Waals surface area contributed by atoms with Crippen LogP contribution in [0.15, 0.2) is 0 Å². The highest BCUT2D eigenvalue weighted by atomic mass is 32.1. The molecule has 50 valence electrons. The first-order valence-corrected chi connectivity index (χ1v) is 4.12. The highest BCUT2D eigenvalue weighted by Gasteiger charge is 2.11. The topological polar surface area (TPSA) is 24.9 Å². The van der Waals surface area contributed by atoms with Gasteiger partial charge in [0.2, 0.25) is 0 Å². The van der Waals surface area contributed by atoms with Crippen LogP contribution < -0.4 is 10.2 Å². The van der Waals surface area contributed by atoms with Gasteiger partial charge in [-0.25, -0.2) is 0 Å². The minimum Gasteiger partial charge on any atom is -0.311 e. The summed E-state index contributed by atoms with van der Waals surface area (Å²) in [5, 5.41) is 3.27. The SMILES string of the molecule is [B]c1nc2c(s1)CNCC2. The van der Waals surface area contributed by atoms with Crippen molar-refractivity contribution < 1.29 is 0 Å². The van der Waals surface area contributed by atoms with Crippen molar-refractivity contribution in [3.63, 3.8) is 0 Å². The van der Waals surface area contributed by atoms with Crippen LogP contribution in [-0.4, -0.2) is 19.4 Å². The Morgan fingerprint density at radius 3 is 3.30 bits per heavy atom. The first kappa shape index (κ1) is 6.37. The van der Waals surface area contributed by atoms with Gasteiger partial charge in [-0.2, -0.15) is 0 Å². The van der Waals surface area contributed by atoms with E-state index in [1.54, 1.807) is 11.3 Å². The van der Waals surface area contributed by atoms with Crippen molar-refractivity contribution in [2.75, 3.05) is 6.54 Å². The minimum absolute atomic E-state index is 0.703. The van der Waals surface area contributed by atoms with Crippen LogP contribution in [0.4, 0.5) is 0 Å². The van der Waals surface area contributed by atoms with Gasteiger partial charge in [-0.05, 0) is 0 Å². The number of rotatable bonds is 0. The van der Waals surface area contributed by atoms with E-state index in [1.807, 2.05) is 0 Å². The van der Waals surface area contributed by atoms with Crippen molar-refractivity contribution >= 4 is 24.1 Å². The first-order valence-electron chi connectivity index (χ1n) is 3.31. The van der Waals surface area contributed by atoms with Crippen molar-refractivity contribution in [1.82, 2.24) is 10.3 Å². The van der Waals surface area contributed by atoms with E-state index < -0.39 is 0 Å². The normalized spacial score (nSPS) is 16.8. The summed E-state index contributed by atoms with van der Waals surface area (Å²) < 4.78 is 0. The molecule has 0 aromatic carbocycles. The molecule has 0 atom stereocenters. The summed E-state index contributed by atoms with van der Waals surface area (Å²) in [6.07, 6.45) is 1.03. The van der Waals surface area contributed by atoms with Gasteiger partial charge < -0.3 is 5.32 Å². The monoisotopic (exact) mass is 150 g/mol. The molecule has 0 saturated carbocycles. The average molecular weight is 150 g/mol. The molecule has 1 aliphatic heterocycles. The fourth-order valence-corrected chi connectivity index (χ4v) is 1.99. The molecule has 1 N–H and O–H groups in total. The van der Waals surface area contributed by atoms with Crippen LogP contribution in [0.25, 0.3) is 0 Å². The second-order valence-electron chi connectivity index (χ2n) is 2.35. The maximum Gasteiger partial charge on any atom is 0.157 e. The number of aromatic nitrogens is 1. The van der Waals surface area contributed by atoms with E-state index in [2.05, 4.69) is 10.3 Å². The van der Waals surface area contributed by atoms with Gasteiger partial charge in [0.15, 0.2) is 7.85 Å². The molecule has 0 aliphatic carbocycles. The highest BCUT2D eigenvalue weighted by Crippen LogP contribution is 2.13. The summed E-state index contributed by atoms with van der Waals surface area (Å²) in [6, 6.07) is 0. The van der Waals surface area contributed by atoms with E-state index in [0.717, 1.165) is 19.5 Å². The lowest BCUT2D eigenvalue weighted by Gasteiger charge is -2.09. The Morgan fingerprint density at radius 1 is 1.60 bits per heavy atom. The van der Waals surface area contributed by atoms with Crippen LogP contribution in [0, 0.1) is 0 Å². The van der Waals surface area contributed by atoms with Gasteiger partial charge in [0, 0.05) is 29.3 Å². The summed E-state index contributed by atoms with van der Waals surface area (Å²) in [5.74, 6) is 0. The maximum absolute atomic E-state index is 5.54. The van der Waals surface area contributed by atoms with Gasteiger partial charge in [0.05, 0.1) is 5.69 Å². The summed E-state index contributed by atoms with van der Waals surface area (Å²) in [5.41, 5.74) is 1.20. The number of nitrogens with zero attached hydrogens (tertiary/aromatic N) is 1. The summed E-state index contributed by atoms with van der Waals surface area (Å²) in [4.78, 5) is 6.22. The molecule has 10 heavy (non-hydrogen) atoms. The Bertz CT molecular complexity index is 222. The van der Waals surface area contributed by atoms with Crippen molar-refractivity contribution in [2.24, 2.45) is 0 Å². The smallest absolute Gasteiger partial charge is 0.157 e. The average Bonchev–Trinajstić information content (AvgIpc) is 2.27. The predicted molar refractivity (Wildman–Crippen MR) is 42.9 cm³/mol. The van der Waals surface area contributed by atoms with Gasteiger partial charge in [0.25, 0.3) is 0 Å². The first-order chi connectivity index (χ1) is 4.86. The molecule has 0 unspecified atom stereocenters. The number of thiazole rings is 1. The van der Waals surface area contributed by atoms with Crippen LogP contribution in [-0.2, 0) is 13.0 Å². The highest BCUT2D eigenvalue weighted by molar-refractivity contribution is 7.19. The van der Waals surface area contributed by atoms with Crippen molar-refractivity contribution in [3.8, 4) is 0 Å². The lowest BCUT2D eigenvalue weighted by molar-refractivity contribution is 0.644. The van der Waals surface area contributed by atoms with Crippen LogP contribution in [0.3, 0.4) is 0 Å². The Balaban J connectivity index is 2.41. The Hall–Kier alpha value is -0.345. The number of fused-ring (bicyclic) bond motifs is 1. The largest absolute Gasteiger partial charge is 0.311 e. The molecular weight excluding hydrogens is 143 g/mol. The zero-order valence-electron chi connectivity index (χ0n) is 5.55. The van der Waals surface area contributed by atoms with Gasteiger partial charge in [0.1, 0.15) is 0 Å². The van der Waals surface area contributed by atoms with Crippen LogP contribution in [0.5, 0.6) is 0 Å². The molecule has 2 radical (unpaired) electrons. The van der Waals surface area contributed by atoms with E-state index in [9.17, 15) is 0 Å². The molecule has 2 rings (SSSR count). The molecule has 0 fully saturated rings. The third-order valence-corrected chi connectivity index (χ3v) is 2.55. The lowest BCUT2D eigenvalue weighted by Crippen LogP contribution is -2.22. The summed E-state index contributed by atoms with van der Waals surface area (Å²) >= 11 is 1.59. The molecule has 1 aromatic heterocycles. The third-order valence-electron chi connectivity index (χ3n) is 1.62. The third kappa shape index (κ3) is 0.974. The van der Waals surface area contributed by atoms with E-state index >= 15 is 0 Å². The fraction of sp³-hybridized carbons (Fsp3) is 0.500. The van der Waals surface area contributed by atoms with Crippen molar-refractivity contribution in [3.05, 3.63) is 10.6 Å². The van der Waals surface area contributed by atoms with Crippen molar-refractivity contribution in [1.29, 1.82) is 0 Å². The summed E-state index contributed by atoms with van der Waals surface area (Å²) in [7, 11) is 5.54. The zero-order valence-corrected chi connectivity index (χ0v) is 6.37. The van der Waals surface area contributed by atoms with Gasteiger partial charge >= 0.3 is 0 Å². The number of hydrogen-bond acceptors (Lipinski definition) is 3.